The molecular formula is C26H37N3O3. The van der Waals surface area contributed by atoms with Crippen LogP contribution in [0.1, 0.15) is 63.5 Å². The van der Waals surface area contributed by atoms with Crippen LogP contribution in [0.3, 0.4) is 0 Å². The number of ether oxygens (including phenoxy) is 1. The minimum absolute atomic E-state index is 0.0134. The van der Waals surface area contributed by atoms with Crippen molar-refractivity contribution in [2.24, 2.45) is 23.2 Å². The molecule has 4 bridgehead atoms. The highest BCUT2D eigenvalue weighted by Gasteiger charge is 2.54. The Morgan fingerprint density at radius 1 is 1.03 bits per heavy atom. The topological polar surface area (TPSA) is 70.7 Å². The first-order valence-electron chi connectivity index (χ1n) is 12.5. The standard InChI is InChI=1S/C26H37N3O3/c1-18(22-2-4-23(5-3-22)29-8-10-32-11-9-29)28-24(30)6-7-27-25(31)26-15-19-12-20(16-26)14-21(13-19)17-26/h2-5,18-21H,6-17H2,1H3,(H,27,31)(H,28,30). The van der Waals surface area contributed by atoms with Crippen LogP contribution in [-0.2, 0) is 14.3 Å². The molecule has 1 aromatic carbocycles. The van der Waals surface area contributed by atoms with Crippen LogP contribution >= 0.6 is 0 Å². The summed E-state index contributed by atoms with van der Waals surface area (Å²) in [5.41, 5.74) is 2.15. The van der Waals surface area contributed by atoms with Gasteiger partial charge in [-0.3, -0.25) is 9.59 Å². The number of carbonyl (C=O) groups excluding carboxylic acids is 2. The van der Waals surface area contributed by atoms with Gasteiger partial charge in [-0.1, -0.05) is 12.1 Å². The molecule has 5 fully saturated rings. The molecule has 2 amide bonds. The SMILES string of the molecule is CC(NC(=O)CCNC(=O)C12CC3CC(CC(C3)C1)C2)c1ccc(N2CCOCC2)cc1. The summed E-state index contributed by atoms with van der Waals surface area (Å²) in [6.07, 6.45) is 7.52. The zero-order valence-corrected chi connectivity index (χ0v) is 19.3. The molecule has 4 saturated carbocycles. The molecule has 1 saturated heterocycles. The van der Waals surface area contributed by atoms with Crippen LogP contribution in [0.5, 0.6) is 0 Å². The predicted octanol–water partition coefficient (Wildman–Crippen LogP) is 3.42. The fourth-order valence-corrected chi connectivity index (χ4v) is 7.06. The van der Waals surface area contributed by atoms with Gasteiger partial charge in [-0.05, 0) is 80.9 Å². The molecule has 6 heteroatoms. The van der Waals surface area contributed by atoms with Crippen molar-refractivity contribution in [3.8, 4) is 0 Å². The Kier molecular flexibility index (Phi) is 6.15. The lowest BCUT2D eigenvalue weighted by molar-refractivity contribution is -0.146. The quantitative estimate of drug-likeness (QED) is 0.683. The molecule has 1 unspecified atom stereocenters. The Morgan fingerprint density at radius 2 is 1.62 bits per heavy atom. The maximum absolute atomic E-state index is 13.0. The second-order valence-electron chi connectivity index (χ2n) is 10.7. The van der Waals surface area contributed by atoms with E-state index >= 15 is 0 Å². The van der Waals surface area contributed by atoms with Gasteiger partial charge in [-0.15, -0.1) is 0 Å². The monoisotopic (exact) mass is 439 g/mol. The molecule has 0 aromatic heterocycles. The molecule has 1 atom stereocenters. The Balaban J connectivity index is 1.07. The molecule has 1 aromatic rings. The van der Waals surface area contributed by atoms with Crippen molar-refractivity contribution in [2.75, 3.05) is 37.7 Å². The first kappa shape index (κ1) is 21.7. The second-order valence-corrected chi connectivity index (χ2v) is 10.7. The van der Waals surface area contributed by atoms with E-state index in [2.05, 4.69) is 39.8 Å². The molecule has 174 valence electrons. The maximum atomic E-state index is 13.0. The average molecular weight is 440 g/mol. The molecule has 5 aliphatic rings. The van der Waals surface area contributed by atoms with Crippen LogP contribution < -0.4 is 15.5 Å². The van der Waals surface area contributed by atoms with Gasteiger partial charge in [-0.25, -0.2) is 0 Å². The Bertz CT molecular complexity index is 796. The third-order valence-electron chi connectivity index (χ3n) is 8.30. The summed E-state index contributed by atoms with van der Waals surface area (Å²) >= 11 is 0. The van der Waals surface area contributed by atoms with Gasteiger partial charge in [0.15, 0.2) is 0 Å². The average Bonchev–Trinajstić information content (AvgIpc) is 2.79. The van der Waals surface area contributed by atoms with Crippen LogP contribution in [0.2, 0.25) is 0 Å². The zero-order valence-electron chi connectivity index (χ0n) is 19.3. The molecule has 32 heavy (non-hydrogen) atoms. The van der Waals surface area contributed by atoms with E-state index in [0.29, 0.717) is 13.0 Å². The van der Waals surface area contributed by atoms with E-state index in [1.54, 1.807) is 0 Å². The summed E-state index contributed by atoms with van der Waals surface area (Å²) in [5.74, 6) is 2.46. The van der Waals surface area contributed by atoms with Crippen molar-refractivity contribution >= 4 is 17.5 Å². The number of amides is 2. The zero-order chi connectivity index (χ0) is 22.1. The summed E-state index contributed by atoms with van der Waals surface area (Å²) in [6.45, 7) is 5.81. The number of morpholine rings is 1. The van der Waals surface area contributed by atoms with E-state index in [0.717, 1.165) is 68.9 Å². The number of rotatable bonds is 7. The Morgan fingerprint density at radius 3 is 2.22 bits per heavy atom. The summed E-state index contributed by atoms with van der Waals surface area (Å²) < 4.78 is 5.42. The van der Waals surface area contributed by atoms with Crippen molar-refractivity contribution < 1.29 is 14.3 Å². The highest BCUT2D eigenvalue weighted by Crippen LogP contribution is 2.60. The summed E-state index contributed by atoms with van der Waals surface area (Å²) in [7, 11) is 0. The largest absolute Gasteiger partial charge is 0.378 e. The first-order chi connectivity index (χ1) is 15.5. The smallest absolute Gasteiger partial charge is 0.226 e. The van der Waals surface area contributed by atoms with Gasteiger partial charge in [0.25, 0.3) is 0 Å². The molecule has 6 rings (SSSR count). The van der Waals surface area contributed by atoms with Crippen LogP contribution in [-0.4, -0.2) is 44.7 Å². The molecule has 6 nitrogen and oxygen atoms in total. The number of nitrogens with zero attached hydrogens (tertiary/aromatic N) is 1. The van der Waals surface area contributed by atoms with Crippen LogP contribution in [0.25, 0.3) is 0 Å². The van der Waals surface area contributed by atoms with Gasteiger partial charge >= 0.3 is 0 Å². The normalized spacial score (nSPS) is 31.9. The van der Waals surface area contributed by atoms with Gasteiger partial charge < -0.3 is 20.3 Å². The number of carbonyl (C=O) groups is 2. The predicted molar refractivity (Wildman–Crippen MR) is 124 cm³/mol. The third kappa shape index (κ3) is 4.52. The highest BCUT2D eigenvalue weighted by molar-refractivity contribution is 5.84. The fourth-order valence-electron chi connectivity index (χ4n) is 7.06. The van der Waals surface area contributed by atoms with Gasteiger partial charge in [0.2, 0.25) is 11.8 Å². The fraction of sp³-hybridized carbons (Fsp3) is 0.692. The third-order valence-corrected chi connectivity index (χ3v) is 8.30. The molecule has 2 N–H and O–H groups in total. The molecule has 0 radical (unpaired) electrons. The minimum atomic E-state index is -0.138. The molecular weight excluding hydrogens is 402 g/mol. The Labute approximate surface area is 191 Å². The van der Waals surface area contributed by atoms with Crippen molar-refractivity contribution in [1.29, 1.82) is 0 Å². The van der Waals surface area contributed by atoms with Gasteiger partial charge in [0, 0.05) is 37.2 Å². The maximum Gasteiger partial charge on any atom is 0.226 e. The van der Waals surface area contributed by atoms with Gasteiger partial charge in [0.05, 0.1) is 19.3 Å². The number of hydrogen-bond acceptors (Lipinski definition) is 4. The van der Waals surface area contributed by atoms with E-state index in [9.17, 15) is 9.59 Å². The second kappa shape index (κ2) is 9.05. The molecule has 4 aliphatic carbocycles. The van der Waals surface area contributed by atoms with Gasteiger partial charge in [0.1, 0.15) is 0 Å². The van der Waals surface area contributed by atoms with E-state index in [4.69, 9.17) is 4.74 Å². The lowest BCUT2D eigenvalue weighted by atomic mass is 9.49. The van der Waals surface area contributed by atoms with E-state index < -0.39 is 0 Å². The van der Waals surface area contributed by atoms with E-state index in [-0.39, 0.29) is 23.3 Å². The van der Waals surface area contributed by atoms with Crippen LogP contribution in [0.4, 0.5) is 5.69 Å². The lowest BCUT2D eigenvalue weighted by Gasteiger charge is -2.55. The highest BCUT2D eigenvalue weighted by atomic mass is 16.5. The molecule has 1 heterocycles. The summed E-state index contributed by atoms with van der Waals surface area (Å²) in [6, 6.07) is 8.36. The van der Waals surface area contributed by atoms with Crippen molar-refractivity contribution in [1.82, 2.24) is 10.6 Å². The molecule has 1 aliphatic heterocycles. The number of benzene rings is 1. The van der Waals surface area contributed by atoms with E-state index in [1.165, 1.54) is 24.9 Å². The molecule has 0 spiro atoms. The van der Waals surface area contributed by atoms with Crippen molar-refractivity contribution in [2.45, 2.75) is 57.9 Å². The summed E-state index contributed by atoms with van der Waals surface area (Å²) in [5, 5.41) is 6.19. The van der Waals surface area contributed by atoms with E-state index in [1.807, 2.05) is 6.92 Å². The number of nitrogens with one attached hydrogen (secondary N) is 2. The minimum Gasteiger partial charge on any atom is -0.378 e. The number of hydrogen-bond donors (Lipinski definition) is 2. The number of anilines is 1. The lowest BCUT2D eigenvalue weighted by Crippen LogP contribution is -2.53. The van der Waals surface area contributed by atoms with Crippen molar-refractivity contribution in [3.05, 3.63) is 29.8 Å². The van der Waals surface area contributed by atoms with Crippen molar-refractivity contribution in [3.63, 3.8) is 0 Å². The summed E-state index contributed by atoms with van der Waals surface area (Å²) in [4.78, 5) is 27.8. The van der Waals surface area contributed by atoms with Crippen LogP contribution in [0, 0.1) is 23.2 Å². The van der Waals surface area contributed by atoms with Gasteiger partial charge in [-0.2, -0.15) is 0 Å². The Hall–Kier alpha value is -2.08. The van der Waals surface area contributed by atoms with Crippen LogP contribution in [0.15, 0.2) is 24.3 Å². The first-order valence-corrected chi connectivity index (χ1v) is 12.5.